The van der Waals surface area contributed by atoms with E-state index in [-0.39, 0.29) is 25.6 Å². The smallest absolute Gasteiger partial charge is 0.322 e. The van der Waals surface area contributed by atoms with Crippen molar-refractivity contribution in [3.05, 3.63) is 75.5 Å². The Hall–Kier alpha value is -4.07. The fourth-order valence-corrected chi connectivity index (χ4v) is 4.80. The van der Waals surface area contributed by atoms with Gasteiger partial charge in [-0.1, -0.05) is 6.07 Å². The van der Waals surface area contributed by atoms with Crippen molar-refractivity contribution in [2.75, 3.05) is 52.9 Å². The summed E-state index contributed by atoms with van der Waals surface area (Å²) < 4.78 is 15.9. The molecule has 0 aliphatic rings. The van der Waals surface area contributed by atoms with Crippen LogP contribution in [0, 0.1) is 18.3 Å². The minimum atomic E-state index is -0.420. The molecule has 0 unspecified atom stereocenters. The van der Waals surface area contributed by atoms with E-state index in [9.17, 15) is 9.59 Å². The molecule has 10 heteroatoms. The minimum Gasteiger partial charge on any atom is -0.493 e. The van der Waals surface area contributed by atoms with Crippen LogP contribution < -0.4 is 14.8 Å². The van der Waals surface area contributed by atoms with Gasteiger partial charge in [-0.25, -0.2) is 4.79 Å². The van der Waals surface area contributed by atoms with Crippen LogP contribution in [-0.4, -0.2) is 69.3 Å². The number of thiophene rings is 1. The number of benzene rings is 2. The zero-order chi connectivity index (χ0) is 28.2. The van der Waals surface area contributed by atoms with E-state index >= 15 is 0 Å². The molecule has 0 atom stereocenters. The number of ether oxygens (including phenoxy) is 3. The lowest BCUT2D eigenvalue weighted by atomic mass is 10.1. The fourth-order valence-electron chi connectivity index (χ4n) is 3.90. The summed E-state index contributed by atoms with van der Waals surface area (Å²) in [6.07, 6.45) is 0.603. The van der Waals surface area contributed by atoms with Gasteiger partial charge in [0.25, 0.3) is 0 Å². The molecule has 0 aliphatic carbocycles. The first-order valence-corrected chi connectivity index (χ1v) is 13.3. The van der Waals surface area contributed by atoms with E-state index in [4.69, 9.17) is 19.5 Å². The average molecular weight is 551 g/mol. The van der Waals surface area contributed by atoms with Crippen molar-refractivity contribution in [1.29, 1.82) is 5.26 Å². The first-order chi connectivity index (χ1) is 18.9. The molecule has 2 aromatic carbocycles. The summed E-state index contributed by atoms with van der Waals surface area (Å²) in [6.45, 7) is 3.35. The van der Waals surface area contributed by atoms with E-state index in [0.29, 0.717) is 42.3 Å². The molecule has 3 aromatic rings. The zero-order valence-corrected chi connectivity index (χ0v) is 23.5. The molecule has 0 aliphatic heterocycles. The van der Waals surface area contributed by atoms with E-state index in [1.165, 1.54) is 9.78 Å². The molecule has 206 valence electrons. The summed E-state index contributed by atoms with van der Waals surface area (Å²) in [6, 6.07) is 18.0. The van der Waals surface area contributed by atoms with Crippen LogP contribution in [0.3, 0.4) is 0 Å². The van der Waals surface area contributed by atoms with Gasteiger partial charge in [-0.15, -0.1) is 11.3 Å². The van der Waals surface area contributed by atoms with Crippen molar-refractivity contribution in [2.24, 2.45) is 0 Å². The summed E-state index contributed by atoms with van der Waals surface area (Å²) >= 11 is 1.64. The first kappa shape index (κ1) is 29.5. The predicted octanol–water partition coefficient (Wildman–Crippen LogP) is 4.70. The fraction of sp³-hybridized carbons (Fsp3) is 0.345. The molecular weight excluding hydrogens is 516 g/mol. The highest BCUT2D eigenvalue weighted by atomic mass is 32.1. The van der Waals surface area contributed by atoms with Gasteiger partial charge in [-0.05, 0) is 67.4 Å². The van der Waals surface area contributed by atoms with Gasteiger partial charge in [-0.3, -0.25) is 4.79 Å². The second-order valence-corrected chi connectivity index (χ2v) is 10.2. The van der Waals surface area contributed by atoms with Crippen LogP contribution in [-0.2, 0) is 22.5 Å². The van der Waals surface area contributed by atoms with Gasteiger partial charge in [0, 0.05) is 35.6 Å². The topological polar surface area (TPSA) is 104 Å². The SMILES string of the molecule is COCCN(CC(=O)N(CCc1ccc(OC)c(OC)c1)Cc1ccc(C)s1)C(=O)Nc1ccc(C#N)cc1. The molecule has 39 heavy (non-hydrogen) atoms. The van der Waals surface area contributed by atoms with Crippen LogP contribution in [0.1, 0.15) is 20.9 Å². The van der Waals surface area contributed by atoms with Gasteiger partial charge in [0.1, 0.15) is 6.54 Å². The minimum absolute atomic E-state index is 0.109. The number of amides is 3. The van der Waals surface area contributed by atoms with E-state index < -0.39 is 6.03 Å². The van der Waals surface area contributed by atoms with E-state index in [0.717, 1.165) is 10.4 Å². The van der Waals surface area contributed by atoms with Crippen LogP contribution in [0.25, 0.3) is 0 Å². The summed E-state index contributed by atoms with van der Waals surface area (Å²) in [7, 11) is 4.73. The Morgan fingerprint density at radius 1 is 0.949 bits per heavy atom. The van der Waals surface area contributed by atoms with Gasteiger partial charge in [0.05, 0.1) is 39.0 Å². The normalized spacial score (nSPS) is 10.4. The standard InChI is InChI=1S/C29H34N4O5S/c1-21-5-11-25(39-21)19-32(14-13-22-8-12-26(37-3)27(17-22)38-4)28(34)20-33(15-16-36-2)29(35)31-24-9-6-23(18-30)7-10-24/h5-12,17H,13-16,19-20H2,1-4H3,(H,31,35). The third-order valence-electron chi connectivity index (χ3n) is 6.06. The highest BCUT2D eigenvalue weighted by Crippen LogP contribution is 2.28. The number of aryl methyl sites for hydroxylation is 1. The lowest BCUT2D eigenvalue weighted by Crippen LogP contribution is -2.46. The highest BCUT2D eigenvalue weighted by Gasteiger charge is 2.22. The molecule has 0 radical (unpaired) electrons. The maximum atomic E-state index is 13.6. The van der Waals surface area contributed by atoms with Crippen molar-refractivity contribution >= 4 is 29.0 Å². The van der Waals surface area contributed by atoms with Crippen molar-refractivity contribution in [2.45, 2.75) is 19.9 Å². The number of hydrogen-bond acceptors (Lipinski definition) is 7. The number of carbonyl (C=O) groups excluding carboxylic acids is 2. The zero-order valence-electron chi connectivity index (χ0n) is 22.7. The highest BCUT2D eigenvalue weighted by molar-refractivity contribution is 7.11. The molecule has 1 heterocycles. The molecule has 3 amide bonds. The maximum Gasteiger partial charge on any atom is 0.322 e. The molecule has 0 saturated carbocycles. The van der Waals surface area contributed by atoms with Gasteiger partial charge in [-0.2, -0.15) is 5.26 Å². The first-order valence-electron chi connectivity index (χ1n) is 12.5. The molecule has 1 aromatic heterocycles. The van der Waals surface area contributed by atoms with Gasteiger partial charge < -0.3 is 29.3 Å². The second kappa shape index (κ2) is 14.8. The molecule has 0 saturated heterocycles. The molecule has 3 rings (SSSR count). The van der Waals surface area contributed by atoms with Gasteiger partial charge in [0.15, 0.2) is 11.5 Å². The predicted molar refractivity (Wildman–Crippen MR) is 151 cm³/mol. The Morgan fingerprint density at radius 2 is 1.69 bits per heavy atom. The molecule has 0 fully saturated rings. The molecular formula is C29H34N4O5S. The van der Waals surface area contributed by atoms with E-state index in [2.05, 4.69) is 11.4 Å². The van der Waals surface area contributed by atoms with Crippen molar-refractivity contribution in [1.82, 2.24) is 9.80 Å². The summed E-state index contributed by atoms with van der Waals surface area (Å²) in [5.74, 6) is 1.10. The van der Waals surface area contributed by atoms with Crippen LogP contribution in [0.5, 0.6) is 11.5 Å². The molecule has 1 N–H and O–H groups in total. The second-order valence-electron chi connectivity index (χ2n) is 8.80. The number of nitrogens with one attached hydrogen (secondary N) is 1. The number of nitrogens with zero attached hydrogens (tertiary/aromatic N) is 3. The van der Waals surface area contributed by atoms with E-state index in [1.54, 1.807) is 61.8 Å². The number of nitriles is 1. The maximum absolute atomic E-state index is 13.6. The average Bonchev–Trinajstić information content (AvgIpc) is 3.37. The lowest BCUT2D eigenvalue weighted by molar-refractivity contribution is -0.132. The van der Waals surface area contributed by atoms with Crippen molar-refractivity contribution in [3.8, 4) is 17.6 Å². The molecule has 0 spiro atoms. The monoisotopic (exact) mass is 550 g/mol. The van der Waals surface area contributed by atoms with Crippen molar-refractivity contribution < 1.29 is 23.8 Å². The lowest BCUT2D eigenvalue weighted by Gasteiger charge is -2.28. The number of rotatable bonds is 13. The third kappa shape index (κ3) is 8.74. The van der Waals surface area contributed by atoms with Gasteiger partial charge in [0.2, 0.25) is 5.91 Å². The molecule has 0 bridgehead atoms. The Balaban J connectivity index is 1.75. The van der Waals surface area contributed by atoms with Crippen LogP contribution >= 0.6 is 11.3 Å². The Labute approximate surface area is 233 Å². The third-order valence-corrected chi connectivity index (χ3v) is 7.04. The Morgan fingerprint density at radius 3 is 2.31 bits per heavy atom. The Kier molecular flexibility index (Phi) is 11.2. The van der Waals surface area contributed by atoms with Crippen LogP contribution in [0.15, 0.2) is 54.6 Å². The number of methoxy groups -OCH3 is 3. The Bertz CT molecular complexity index is 1290. The van der Waals surface area contributed by atoms with Crippen LogP contribution in [0.4, 0.5) is 10.5 Å². The van der Waals surface area contributed by atoms with Crippen LogP contribution in [0.2, 0.25) is 0 Å². The number of carbonyl (C=O) groups is 2. The summed E-state index contributed by atoms with van der Waals surface area (Å²) in [5.41, 5.74) is 2.03. The number of hydrogen-bond donors (Lipinski definition) is 1. The van der Waals surface area contributed by atoms with Gasteiger partial charge >= 0.3 is 6.03 Å². The van der Waals surface area contributed by atoms with E-state index in [1.807, 2.05) is 37.3 Å². The molecule has 9 nitrogen and oxygen atoms in total. The largest absolute Gasteiger partial charge is 0.493 e. The quantitative estimate of drug-likeness (QED) is 0.331. The van der Waals surface area contributed by atoms with Crippen molar-refractivity contribution in [3.63, 3.8) is 0 Å². The number of urea groups is 1. The summed E-state index contributed by atoms with van der Waals surface area (Å²) in [5, 5.41) is 11.8. The summed E-state index contributed by atoms with van der Waals surface area (Å²) in [4.78, 5) is 32.2. The number of anilines is 1.